The first-order valence-electron chi connectivity index (χ1n) is 5.17. The minimum Gasteiger partial charge on any atom is -0.394 e. The summed E-state index contributed by atoms with van der Waals surface area (Å²) in [6.45, 7) is 1.10. The molecule has 0 spiro atoms. The molecule has 1 aliphatic rings. The van der Waals surface area contributed by atoms with Crippen LogP contribution in [0.5, 0.6) is 0 Å². The Balaban J connectivity index is 2.20. The van der Waals surface area contributed by atoms with Crippen LogP contribution in [0.15, 0.2) is 12.3 Å². The van der Waals surface area contributed by atoms with Crippen molar-refractivity contribution in [3.8, 4) is 0 Å². The molecule has 0 aliphatic carbocycles. The molecule has 0 amide bonds. The molecule has 1 aliphatic heterocycles. The van der Waals surface area contributed by atoms with Crippen LogP contribution in [0.4, 0.5) is 5.82 Å². The van der Waals surface area contributed by atoms with Crippen LogP contribution in [-0.4, -0.2) is 34.3 Å². The molecule has 1 fully saturated rings. The lowest BCUT2D eigenvalue weighted by Crippen LogP contribution is -2.42. The van der Waals surface area contributed by atoms with Crippen molar-refractivity contribution >= 4 is 17.4 Å². The molecule has 0 unspecified atom stereocenters. The van der Waals surface area contributed by atoms with Crippen molar-refractivity contribution in [2.75, 3.05) is 18.1 Å². The predicted octanol–water partition coefficient (Wildman–Crippen LogP) is 1.48. The van der Waals surface area contributed by atoms with Crippen molar-refractivity contribution in [3.05, 3.63) is 17.5 Å². The van der Waals surface area contributed by atoms with E-state index >= 15 is 0 Å². The van der Waals surface area contributed by atoms with Gasteiger partial charge in [-0.15, -0.1) is 0 Å². The van der Waals surface area contributed by atoms with Gasteiger partial charge in [-0.05, 0) is 36.9 Å². The maximum Gasteiger partial charge on any atom is 0.224 e. The SMILES string of the molecule is OC[C@@H]1CCCCN1c1ccnc(Cl)n1. The quantitative estimate of drug-likeness (QED) is 0.778. The third kappa shape index (κ3) is 2.38. The summed E-state index contributed by atoms with van der Waals surface area (Å²) >= 11 is 5.74. The minimum absolute atomic E-state index is 0.168. The molecule has 4 nitrogen and oxygen atoms in total. The number of aliphatic hydroxyl groups excluding tert-OH is 1. The van der Waals surface area contributed by atoms with Gasteiger partial charge in [0.15, 0.2) is 0 Å². The molecular formula is C10H14ClN3O. The first-order chi connectivity index (χ1) is 7.31. The average Bonchev–Trinajstić information content (AvgIpc) is 2.29. The predicted molar refractivity (Wildman–Crippen MR) is 59.1 cm³/mol. The van der Waals surface area contributed by atoms with Crippen molar-refractivity contribution < 1.29 is 5.11 Å². The summed E-state index contributed by atoms with van der Waals surface area (Å²) in [5.41, 5.74) is 0. The smallest absolute Gasteiger partial charge is 0.224 e. The van der Waals surface area contributed by atoms with Gasteiger partial charge in [0.05, 0.1) is 12.6 Å². The van der Waals surface area contributed by atoms with Crippen LogP contribution in [0.1, 0.15) is 19.3 Å². The second-order valence-corrected chi connectivity index (χ2v) is 4.05. The average molecular weight is 228 g/mol. The van der Waals surface area contributed by atoms with E-state index in [1.165, 1.54) is 6.42 Å². The lowest BCUT2D eigenvalue weighted by molar-refractivity contribution is 0.239. The van der Waals surface area contributed by atoms with Gasteiger partial charge in [0.2, 0.25) is 5.28 Å². The normalized spacial score (nSPS) is 21.7. The number of halogens is 1. The molecule has 0 saturated carbocycles. The number of hydrogen-bond acceptors (Lipinski definition) is 4. The molecular weight excluding hydrogens is 214 g/mol. The van der Waals surface area contributed by atoms with E-state index in [2.05, 4.69) is 14.9 Å². The Morgan fingerprint density at radius 1 is 1.53 bits per heavy atom. The van der Waals surface area contributed by atoms with Gasteiger partial charge in [0, 0.05) is 12.7 Å². The van der Waals surface area contributed by atoms with Crippen LogP contribution in [-0.2, 0) is 0 Å². The Labute approximate surface area is 93.9 Å². The summed E-state index contributed by atoms with van der Waals surface area (Å²) in [7, 11) is 0. The van der Waals surface area contributed by atoms with E-state index in [-0.39, 0.29) is 17.9 Å². The highest BCUT2D eigenvalue weighted by atomic mass is 35.5. The number of piperidine rings is 1. The van der Waals surface area contributed by atoms with E-state index in [0.29, 0.717) is 0 Å². The van der Waals surface area contributed by atoms with E-state index in [1.807, 2.05) is 6.07 Å². The minimum atomic E-state index is 0.168. The maximum absolute atomic E-state index is 9.27. The summed E-state index contributed by atoms with van der Waals surface area (Å²) in [6.07, 6.45) is 4.96. The molecule has 0 radical (unpaired) electrons. The van der Waals surface area contributed by atoms with Gasteiger partial charge in [-0.2, -0.15) is 0 Å². The fourth-order valence-corrected chi connectivity index (χ4v) is 2.12. The van der Waals surface area contributed by atoms with Crippen LogP contribution in [0, 0.1) is 0 Å². The van der Waals surface area contributed by atoms with Gasteiger partial charge in [0.1, 0.15) is 5.82 Å². The van der Waals surface area contributed by atoms with Crippen molar-refractivity contribution in [1.29, 1.82) is 0 Å². The zero-order chi connectivity index (χ0) is 10.7. The molecule has 2 heterocycles. The summed E-state index contributed by atoms with van der Waals surface area (Å²) < 4.78 is 0. The van der Waals surface area contributed by atoms with Crippen LogP contribution >= 0.6 is 11.6 Å². The molecule has 0 aromatic carbocycles. The standard InChI is InChI=1S/C10H14ClN3O/c11-10-12-5-4-9(13-10)14-6-2-1-3-8(14)7-15/h4-5,8,15H,1-3,6-7H2/t8-/m0/s1. The zero-order valence-electron chi connectivity index (χ0n) is 8.43. The Kier molecular flexibility index (Phi) is 3.38. The summed E-state index contributed by atoms with van der Waals surface area (Å²) in [5.74, 6) is 0.814. The molecule has 1 aromatic rings. The lowest BCUT2D eigenvalue weighted by atomic mass is 10.0. The monoisotopic (exact) mass is 227 g/mol. The number of aliphatic hydroxyl groups is 1. The van der Waals surface area contributed by atoms with E-state index in [1.54, 1.807) is 6.20 Å². The van der Waals surface area contributed by atoms with E-state index in [4.69, 9.17) is 11.6 Å². The third-order valence-electron chi connectivity index (χ3n) is 2.74. The van der Waals surface area contributed by atoms with Crippen molar-refractivity contribution in [1.82, 2.24) is 9.97 Å². The summed E-state index contributed by atoms with van der Waals surface area (Å²) in [5, 5.41) is 9.53. The van der Waals surface area contributed by atoms with Gasteiger partial charge in [0.25, 0.3) is 0 Å². The molecule has 1 saturated heterocycles. The van der Waals surface area contributed by atoms with Gasteiger partial charge in [-0.1, -0.05) is 0 Å². The van der Waals surface area contributed by atoms with Crippen LogP contribution in [0.25, 0.3) is 0 Å². The summed E-state index contributed by atoms with van der Waals surface area (Å²) in [4.78, 5) is 10.1. The second kappa shape index (κ2) is 4.77. The molecule has 15 heavy (non-hydrogen) atoms. The molecule has 1 aromatic heterocycles. The topological polar surface area (TPSA) is 49.2 Å². The molecule has 1 atom stereocenters. The highest BCUT2D eigenvalue weighted by molar-refractivity contribution is 6.28. The number of anilines is 1. The van der Waals surface area contributed by atoms with Gasteiger partial charge in [-0.3, -0.25) is 0 Å². The van der Waals surface area contributed by atoms with Gasteiger partial charge < -0.3 is 10.0 Å². The third-order valence-corrected chi connectivity index (χ3v) is 2.93. The molecule has 0 bridgehead atoms. The Morgan fingerprint density at radius 2 is 2.40 bits per heavy atom. The number of hydrogen-bond donors (Lipinski definition) is 1. The van der Waals surface area contributed by atoms with Gasteiger partial charge in [-0.25, -0.2) is 9.97 Å². The molecule has 2 rings (SSSR count). The van der Waals surface area contributed by atoms with Crippen LogP contribution in [0.2, 0.25) is 5.28 Å². The first-order valence-corrected chi connectivity index (χ1v) is 5.55. The molecule has 5 heteroatoms. The highest BCUT2D eigenvalue weighted by Crippen LogP contribution is 2.23. The highest BCUT2D eigenvalue weighted by Gasteiger charge is 2.22. The fourth-order valence-electron chi connectivity index (χ4n) is 1.98. The Hall–Kier alpha value is -0.870. The van der Waals surface area contributed by atoms with E-state index in [0.717, 1.165) is 25.2 Å². The summed E-state index contributed by atoms with van der Waals surface area (Å²) in [6, 6.07) is 2.00. The van der Waals surface area contributed by atoms with Crippen molar-refractivity contribution in [3.63, 3.8) is 0 Å². The largest absolute Gasteiger partial charge is 0.394 e. The van der Waals surface area contributed by atoms with Crippen molar-refractivity contribution in [2.45, 2.75) is 25.3 Å². The Bertz CT molecular complexity index is 334. The van der Waals surface area contributed by atoms with Gasteiger partial charge >= 0.3 is 0 Å². The maximum atomic E-state index is 9.27. The fraction of sp³-hybridized carbons (Fsp3) is 0.600. The van der Waals surface area contributed by atoms with Crippen molar-refractivity contribution in [2.24, 2.45) is 0 Å². The van der Waals surface area contributed by atoms with Crippen LogP contribution < -0.4 is 4.90 Å². The van der Waals surface area contributed by atoms with E-state index < -0.39 is 0 Å². The molecule has 1 N–H and O–H groups in total. The number of aromatic nitrogens is 2. The second-order valence-electron chi connectivity index (χ2n) is 3.71. The Morgan fingerprint density at radius 3 is 3.13 bits per heavy atom. The van der Waals surface area contributed by atoms with Crippen LogP contribution in [0.3, 0.4) is 0 Å². The first kappa shape index (κ1) is 10.6. The van der Waals surface area contributed by atoms with E-state index in [9.17, 15) is 5.11 Å². The molecule has 82 valence electrons. The lowest BCUT2D eigenvalue weighted by Gasteiger charge is -2.35. The number of rotatable bonds is 2. The zero-order valence-corrected chi connectivity index (χ0v) is 9.19. The number of nitrogens with zero attached hydrogens (tertiary/aromatic N) is 3.